The predicted molar refractivity (Wildman–Crippen MR) is 101 cm³/mol. The third-order valence-electron chi connectivity index (χ3n) is 4.79. The summed E-state index contributed by atoms with van der Waals surface area (Å²) in [6.07, 6.45) is 5.09. The summed E-state index contributed by atoms with van der Waals surface area (Å²) >= 11 is 0. The van der Waals surface area contributed by atoms with Crippen LogP contribution in [0.15, 0.2) is 18.5 Å². The number of pyridine rings is 1. The van der Waals surface area contributed by atoms with E-state index in [1.165, 1.54) is 0 Å². The normalized spacial score (nSPS) is 17.9. The van der Waals surface area contributed by atoms with E-state index in [1.807, 2.05) is 29.5 Å². The molecule has 3 heterocycles. The Balaban J connectivity index is 1.69. The molecule has 1 aliphatic heterocycles. The van der Waals surface area contributed by atoms with Gasteiger partial charge < -0.3 is 10.2 Å². The van der Waals surface area contributed by atoms with E-state index in [0.717, 1.165) is 30.4 Å². The van der Waals surface area contributed by atoms with Crippen LogP contribution in [-0.4, -0.2) is 44.6 Å². The van der Waals surface area contributed by atoms with Crippen LogP contribution in [0, 0.1) is 11.8 Å². The van der Waals surface area contributed by atoms with Crippen LogP contribution in [0.25, 0.3) is 11.0 Å². The average molecular weight is 357 g/mol. The Labute approximate surface area is 153 Å². The van der Waals surface area contributed by atoms with E-state index < -0.39 is 0 Å². The van der Waals surface area contributed by atoms with Crippen LogP contribution in [0.4, 0.5) is 5.69 Å². The summed E-state index contributed by atoms with van der Waals surface area (Å²) in [7, 11) is 0. The van der Waals surface area contributed by atoms with Gasteiger partial charge in [-0.1, -0.05) is 13.8 Å². The van der Waals surface area contributed by atoms with Crippen LogP contribution < -0.4 is 5.32 Å². The van der Waals surface area contributed by atoms with E-state index in [1.54, 1.807) is 12.4 Å². The standard InChI is InChI=1S/C19H27N5O2/c1-12(2)19(26)23-7-5-6-14(11-23)18(25)22-16-8-15-9-21-24(13(3)4)17(15)20-10-16/h8-10,12-14H,5-7,11H2,1-4H3,(H,22,25)/t14-/m0/s1. The number of anilines is 1. The second-order valence-electron chi connectivity index (χ2n) is 7.59. The van der Waals surface area contributed by atoms with Gasteiger partial charge in [-0.05, 0) is 32.8 Å². The fourth-order valence-corrected chi connectivity index (χ4v) is 3.39. The molecule has 1 saturated heterocycles. The van der Waals surface area contributed by atoms with Crippen LogP contribution in [-0.2, 0) is 9.59 Å². The Bertz CT molecular complexity index is 811. The van der Waals surface area contributed by atoms with Gasteiger partial charge in [0.15, 0.2) is 5.65 Å². The minimum Gasteiger partial charge on any atom is -0.342 e. The molecule has 3 rings (SSSR count). The molecular weight excluding hydrogens is 330 g/mol. The maximum atomic E-state index is 12.7. The van der Waals surface area contributed by atoms with E-state index in [2.05, 4.69) is 29.2 Å². The van der Waals surface area contributed by atoms with Crippen LogP contribution in [0.3, 0.4) is 0 Å². The van der Waals surface area contributed by atoms with Gasteiger partial charge in [0, 0.05) is 30.4 Å². The molecule has 1 N–H and O–H groups in total. The molecular formula is C19H27N5O2. The number of amides is 2. The van der Waals surface area contributed by atoms with E-state index in [9.17, 15) is 9.59 Å². The largest absolute Gasteiger partial charge is 0.342 e. The first-order valence-corrected chi connectivity index (χ1v) is 9.29. The SMILES string of the molecule is CC(C)C(=O)N1CCC[C@H](C(=O)Nc2cnc3c(cnn3C(C)C)c2)C1. The summed E-state index contributed by atoms with van der Waals surface area (Å²) in [5.74, 6) is -0.156. The molecule has 2 aromatic rings. The molecule has 0 aromatic carbocycles. The zero-order valence-electron chi connectivity index (χ0n) is 15.9. The number of hydrogen-bond donors (Lipinski definition) is 1. The van der Waals surface area contributed by atoms with Gasteiger partial charge in [0.1, 0.15) is 0 Å². The van der Waals surface area contributed by atoms with Crippen molar-refractivity contribution in [2.75, 3.05) is 18.4 Å². The quantitative estimate of drug-likeness (QED) is 0.912. The number of fused-ring (bicyclic) bond motifs is 1. The molecule has 0 bridgehead atoms. The number of likely N-dealkylation sites (tertiary alicyclic amines) is 1. The van der Waals surface area contributed by atoms with E-state index in [-0.39, 0.29) is 29.7 Å². The molecule has 0 unspecified atom stereocenters. The Morgan fingerprint density at radius 1 is 1.23 bits per heavy atom. The van der Waals surface area contributed by atoms with Crippen LogP contribution in [0.2, 0.25) is 0 Å². The van der Waals surface area contributed by atoms with Gasteiger partial charge in [-0.15, -0.1) is 0 Å². The fourth-order valence-electron chi connectivity index (χ4n) is 3.39. The summed E-state index contributed by atoms with van der Waals surface area (Å²) < 4.78 is 1.86. The predicted octanol–water partition coefficient (Wildman–Crippen LogP) is 2.85. The maximum absolute atomic E-state index is 12.7. The van der Waals surface area contributed by atoms with Gasteiger partial charge in [-0.25, -0.2) is 9.67 Å². The van der Waals surface area contributed by atoms with Crippen molar-refractivity contribution in [3.05, 3.63) is 18.5 Å². The summed E-state index contributed by atoms with van der Waals surface area (Å²) in [6.45, 7) is 9.12. The van der Waals surface area contributed by atoms with Gasteiger partial charge in [-0.2, -0.15) is 5.10 Å². The minimum atomic E-state index is -0.180. The molecule has 2 amide bonds. The molecule has 1 atom stereocenters. The van der Waals surface area contributed by atoms with E-state index >= 15 is 0 Å². The average Bonchev–Trinajstić information content (AvgIpc) is 3.04. The van der Waals surface area contributed by atoms with Gasteiger partial charge >= 0.3 is 0 Å². The zero-order valence-corrected chi connectivity index (χ0v) is 15.9. The highest BCUT2D eigenvalue weighted by atomic mass is 16.2. The molecule has 2 aromatic heterocycles. The minimum absolute atomic E-state index is 0.0408. The first-order chi connectivity index (χ1) is 12.4. The monoisotopic (exact) mass is 357 g/mol. The molecule has 0 spiro atoms. The van der Waals surface area contributed by atoms with Gasteiger partial charge in [0.05, 0.1) is 24.0 Å². The second kappa shape index (κ2) is 7.43. The molecule has 0 radical (unpaired) electrons. The fraction of sp³-hybridized carbons (Fsp3) is 0.579. The summed E-state index contributed by atoms with van der Waals surface area (Å²) in [5, 5.41) is 8.20. The Kier molecular flexibility index (Phi) is 5.25. The number of hydrogen-bond acceptors (Lipinski definition) is 4. The number of carbonyl (C=O) groups is 2. The zero-order chi connectivity index (χ0) is 18.8. The smallest absolute Gasteiger partial charge is 0.229 e. The second-order valence-corrected chi connectivity index (χ2v) is 7.59. The van der Waals surface area contributed by atoms with Crippen molar-refractivity contribution in [2.24, 2.45) is 11.8 Å². The first-order valence-electron chi connectivity index (χ1n) is 9.29. The Hall–Kier alpha value is -2.44. The lowest BCUT2D eigenvalue weighted by atomic mass is 9.96. The number of piperidine rings is 1. The molecule has 7 nitrogen and oxygen atoms in total. The summed E-state index contributed by atoms with van der Waals surface area (Å²) in [4.78, 5) is 31.1. The van der Waals surface area contributed by atoms with Crippen molar-refractivity contribution in [3.63, 3.8) is 0 Å². The van der Waals surface area contributed by atoms with Gasteiger partial charge in [0.25, 0.3) is 0 Å². The van der Waals surface area contributed by atoms with Crippen molar-refractivity contribution in [1.82, 2.24) is 19.7 Å². The van der Waals surface area contributed by atoms with Gasteiger partial charge in [0.2, 0.25) is 11.8 Å². The number of nitrogens with one attached hydrogen (secondary N) is 1. The lowest BCUT2D eigenvalue weighted by molar-refractivity contribution is -0.137. The highest BCUT2D eigenvalue weighted by molar-refractivity contribution is 5.94. The number of aromatic nitrogens is 3. The number of carbonyl (C=O) groups excluding carboxylic acids is 2. The molecule has 1 fully saturated rings. The molecule has 1 aliphatic rings. The molecule has 7 heteroatoms. The number of rotatable bonds is 4. The van der Waals surface area contributed by atoms with E-state index in [4.69, 9.17) is 0 Å². The third kappa shape index (κ3) is 3.71. The maximum Gasteiger partial charge on any atom is 0.229 e. The Morgan fingerprint density at radius 2 is 2.00 bits per heavy atom. The van der Waals surface area contributed by atoms with Crippen LogP contribution >= 0.6 is 0 Å². The van der Waals surface area contributed by atoms with Crippen molar-refractivity contribution < 1.29 is 9.59 Å². The Morgan fingerprint density at radius 3 is 2.69 bits per heavy atom. The highest BCUT2D eigenvalue weighted by Gasteiger charge is 2.29. The third-order valence-corrected chi connectivity index (χ3v) is 4.79. The molecule has 0 aliphatic carbocycles. The summed E-state index contributed by atoms with van der Waals surface area (Å²) in [6, 6.07) is 2.12. The number of nitrogens with zero attached hydrogens (tertiary/aromatic N) is 4. The summed E-state index contributed by atoms with van der Waals surface area (Å²) in [5.41, 5.74) is 1.47. The highest BCUT2D eigenvalue weighted by Crippen LogP contribution is 2.22. The lowest BCUT2D eigenvalue weighted by Crippen LogP contribution is -2.45. The molecule has 140 valence electrons. The van der Waals surface area contributed by atoms with E-state index in [0.29, 0.717) is 12.2 Å². The van der Waals surface area contributed by atoms with Crippen LogP contribution in [0.5, 0.6) is 0 Å². The topological polar surface area (TPSA) is 80.1 Å². The van der Waals surface area contributed by atoms with Crippen LogP contribution in [0.1, 0.15) is 46.6 Å². The van der Waals surface area contributed by atoms with Crippen molar-refractivity contribution in [2.45, 2.75) is 46.6 Å². The molecule has 0 saturated carbocycles. The van der Waals surface area contributed by atoms with Crippen molar-refractivity contribution in [1.29, 1.82) is 0 Å². The van der Waals surface area contributed by atoms with Crippen molar-refractivity contribution in [3.8, 4) is 0 Å². The lowest BCUT2D eigenvalue weighted by Gasteiger charge is -2.33. The molecule has 26 heavy (non-hydrogen) atoms. The van der Waals surface area contributed by atoms with Gasteiger partial charge in [-0.3, -0.25) is 9.59 Å². The first kappa shape index (κ1) is 18.4. The van der Waals surface area contributed by atoms with Crippen molar-refractivity contribution >= 4 is 28.5 Å².